The van der Waals surface area contributed by atoms with Crippen LogP contribution in [0, 0.1) is 5.92 Å². The van der Waals surface area contributed by atoms with Crippen LogP contribution in [0.4, 0.5) is 0 Å². The molecule has 0 saturated carbocycles. The fourth-order valence-electron chi connectivity index (χ4n) is 2.15. The van der Waals surface area contributed by atoms with Gasteiger partial charge >= 0.3 is 0 Å². The van der Waals surface area contributed by atoms with Gasteiger partial charge in [0, 0.05) is 17.2 Å². The van der Waals surface area contributed by atoms with Gasteiger partial charge in [-0.1, -0.05) is 31.5 Å². The van der Waals surface area contributed by atoms with E-state index < -0.39 is 0 Å². The van der Waals surface area contributed by atoms with E-state index in [-0.39, 0.29) is 5.92 Å². The third-order valence-corrected chi connectivity index (χ3v) is 4.21. The summed E-state index contributed by atoms with van der Waals surface area (Å²) in [7, 11) is 0. The Labute approximate surface area is 102 Å². The van der Waals surface area contributed by atoms with E-state index in [9.17, 15) is 4.79 Å². The smallest absolute Gasteiger partial charge is 0.166 e. The normalized spacial score (nSPS) is 19.9. The van der Waals surface area contributed by atoms with Gasteiger partial charge in [0.25, 0.3) is 0 Å². The van der Waals surface area contributed by atoms with Crippen LogP contribution in [0.3, 0.4) is 0 Å². The maximum absolute atomic E-state index is 12.2. The third-order valence-electron chi connectivity index (χ3n) is 3.05. The molecule has 1 fully saturated rings. The monoisotopic (exact) mass is 234 g/mol. The van der Waals surface area contributed by atoms with E-state index in [4.69, 9.17) is 0 Å². The summed E-state index contributed by atoms with van der Waals surface area (Å²) in [4.78, 5) is 12.2. The summed E-state index contributed by atoms with van der Waals surface area (Å²) in [5.41, 5.74) is 2.21. The van der Waals surface area contributed by atoms with Crippen LogP contribution in [0.2, 0.25) is 0 Å². The second kappa shape index (κ2) is 5.53. The Bertz CT molecular complexity index is 367. The molecule has 1 aliphatic rings. The Kier molecular flexibility index (Phi) is 4.05. The van der Waals surface area contributed by atoms with Crippen LogP contribution in [0.1, 0.15) is 35.7 Å². The van der Waals surface area contributed by atoms with Gasteiger partial charge < -0.3 is 0 Å². The summed E-state index contributed by atoms with van der Waals surface area (Å²) < 4.78 is 0. The van der Waals surface area contributed by atoms with Gasteiger partial charge in [-0.2, -0.15) is 11.8 Å². The average molecular weight is 234 g/mol. The summed E-state index contributed by atoms with van der Waals surface area (Å²) in [5.74, 6) is 2.77. The van der Waals surface area contributed by atoms with Crippen molar-refractivity contribution >= 4 is 17.5 Å². The first-order chi connectivity index (χ1) is 7.81. The molecule has 0 amide bonds. The van der Waals surface area contributed by atoms with E-state index in [0.717, 1.165) is 36.3 Å². The molecule has 0 spiro atoms. The van der Waals surface area contributed by atoms with Gasteiger partial charge in [-0.25, -0.2) is 0 Å². The molecule has 1 aliphatic heterocycles. The lowest BCUT2D eigenvalue weighted by Gasteiger charge is -2.08. The number of carbonyl (C=O) groups excluding carboxylic acids is 1. The van der Waals surface area contributed by atoms with E-state index in [1.807, 2.05) is 23.9 Å². The Morgan fingerprint density at radius 2 is 2.38 bits per heavy atom. The summed E-state index contributed by atoms with van der Waals surface area (Å²) in [6.07, 6.45) is 3.26. The Balaban J connectivity index is 2.12. The quantitative estimate of drug-likeness (QED) is 0.741. The molecule has 86 valence electrons. The highest BCUT2D eigenvalue weighted by Crippen LogP contribution is 2.26. The highest BCUT2D eigenvalue weighted by atomic mass is 32.2. The fourth-order valence-corrected chi connectivity index (χ4v) is 3.37. The van der Waals surface area contributed by atoms with Gasteiger partial charge in [-0.15, -0.1) is 0 Å². The van der Waals surface area contributed by atoms with Crippen molar-refractivity contribution in [3.8, 4) is 0 Å². The molecule has 2 rings (SSSR count). The Hall–Kier alpha value is -0.760. The van der Waals surface area contributed by atoms with Crippen LogP contribution in [0.25, 0.3) is 0 Å². The molecule has 0 aliphatic carbocycles. The Morgan fingerprint density at radius 3 is 3.06 bits per heavy atom. The van der Waals surface area contributed by atoms with Crippen LogP contribution in [0.5, 0.6) is 0 Å². The molecule has 0 bridgehead atoms. The predicted octanol–water partition coefficient (Wildman–Crippen LogP) is 3.57. The molecule has 1 atom stereocenters. The van der Waals surface area contributed by atoms with Gasteiger partial charge in [-0.05, 0) is 30.2 Å². The summed E-state index contributed by atoms with van der Waals surface area (Å²) >= 11 is 1.90. The number of hydrogen-bond acceptors (Lipinski definition) is 2. The summed E-state index contributed by atoms with van der Waals surface area (Å²) in [5, 5.41) is 0. The van der Waals surface area contributed by atoms with Crippen LogP contribution in [-0.2, 0) is 6.42 Å². The maximum atomic E-state index is 12.2. The number of hydrogen-bond donors (Lipinski definition) is 0. The van der Waals surface area contributed by atoms with E-state index in [2.05, 4.69) is 19.1 Å². The number of rotatable bonds is 4. The zero-order valence-electron chi connectivity index (χ0n) is 9.74. The lowest BCUT2D eigenvalue weighted by Crippen LogP contribution is -2.14. The molecule has 0 N–H and O–H groups in total. The van der Waals surface area contributed by atoms with Crippen molar-refractivity contribution in [3.05, 3.63) is 35.4 Å². The van der Waals surface area contributed by atoms with Gasteiger partial charge in [0.05, 0.1) is 0 Å². The topological polar surface area (TPSA) is 17.1 Å². The molecule has 1 heterocycles. The minimum Gasteiger partial charge on any atom is -0.294 e. The second-order valence-corrected chi connectivity index (χ2v) is 5.52. The third kappa shape index (κ3) is 2.67. The van der Waals surface area contributed by atoms with Gasteiger partial charge in [0.1, 0.15) is 0 Å². The predicted molar refractivity (Wildman–Crippen MR) is 70.2 cm³/mol. The zero-order chi connectivity index (χ0) is 11.4. The first-order valence-corrected chi connectivity index (χ1v) is 7.17. The summed E-state index contributed by atoms with van der Waals surface area (Å²) in [6.45, 7) is 2.17. The van der Waals surface area contributed by atoms with Crippen molar-refractivity contribution in [3.63, 3.8) is 0 Å². The molecule has 2 heteroatoms. The van der Waals surface area contributed by atoms with Crippen molar-refractivity contribution in [2.24, 2.45) is 5.92 Å². The average Bonchev–Trinajstić information content (AvgIpc) is 2.82. The lowest BCUT2D eigenvalue weighted by molar-refractivity contribution is 0.0933. The standard InChI is InChI=1S/C14H18OS/c1-2-4-11-5-3-6-12(9-11)14(15)13-7-8-16-10-13/h3,5-6,9,13H,2,4,7-8,10H2,1H3. The molecular formula is C14H18OS. The molecule has 1 nitrogen and oxygen atoms in total. The summed E-state index contributed by atoms with van der Waals surface area (Å²) in [6, 6.07) is 8.17. The van der Waals surface area contributed by atoms with Crippen LogP contribution in [0.15, 0.2) is 24.3 Å². The van der Waals surface area contributed by atoms with Crippen molar-refractivity contribution in [2.45, 2.75) is 26.2 Å². The van der Waals surface area contributed by atoms with Gasteiger partial charge in [0.2, 0.25) is 0 Å². The van der Waals surface area contributed by atoms with Crippen LogP contribution < -0.4 is 0 Å². The van der Waals surface area contributed by atoms with Crippen LogP contribution in [-0.4, -0.2) is 17.3 Å². The molecule has 1 unspecified atom stereocenters. The molecule has 1 aromatic rings. The SMILES string of the molecule is CCCc1cccc(C(=O)C2CCSC2)c1. The van der Waals surface area contributed by atoms with Crippen molar-refractivity contribution in [1.29, 1.82) is 0 Å². The highest BCUT2D eigenvalue weighted by Gasteiger charge is 2.24. The lowest BCUT2D eigenvalue weighted by atomic mass is 9.95. The van der Waals surface area contributed by atoms with Crippen molar-refractivity contribution in [1.82, 2.24) is 0 Å². The van der Waals surface area contributed by atoms with Crippen LogP contribution >= 0.6 is 11.8 Å². The fraction of sp³-hybridized carbons (Fsp3) is 0.500. The first-order valence-electron chi connectivity index (χ1n) is 6.02. The number of carbonyl (C=O) groups is 1. The van der Waals surface area contributed by atoms with Crippen molar-refractivity contribution in [2.75, 3.05) is 11.5 Å². The minimum absolute atomic E-state index is 0.266. The number of Topliss-reactive ketones (excluding diaryl/α,β-unsaturated/α-hetero) is 1. The Morgan fingerprint density at radius 1 is 1.50 bits per heavy atom. The molecule has 1 aromatic carbocycles. The van der Waals surface area contributed by atoms with E-state index in [1.54, 1.807) is 0 Å². The number of ketones is 1. The molecule has 0 radical (unpaired) electrons. The van der Waals surface area contributed by atoms with Gasteiger partial charge in [-0.3, -0.25) is 4.79 Å². The van der Waals surface area contributed by atoms with Gasteiger partial charge in [0.15, 0.2) is 5.78 Å². The van der Waals surface area contributed by atoms with E-state index in [1.165, 1.54) is 5.56 Å². The van der Waals surface area contributed by atoms with E-state index >= 15 is 0 Å². The maximum Gasteiger partial charge on any atom is 0.166 e. The largest absolute Gasteiger partial charge is 0.294 e. The molecular weight excluding hydrogens is 216 g/mol. The number of aryl methyl sites for hydroxylation is 1. The molecule has 1 saturated heterocycles. The van der Waals surface area contributed by atoms with Crippen molar-refractivity contribution < 1.29 is 4.79 Å². The number of thioether (sulfide) groups is 1. The highest BCUT2D eigenvalue weighted by molar-refractivity contribution is 7.99. The number of benzene rings is 1. The second-order valence-electron chi connectivity index (χ2n) is 4.38. The minimum atomic E-state index is 0.266. The molecule has 0 aromatic heterocycles. The molecule has 16 heavy (non-hydrogen) atoms. The first kappa shape index (κ1) is 11.7. The van der Waals surface area contributed by atoms with E-state index in [0.29, 0.717) is 5.78 Å². The zero-order valence-corrected chi connectivity index (χ0v) is 10.6.